The highest BCUT2D eigenvalue weighted by atomic mass is 16.3. The van der Waals surface area contributed by atoms with E-state index in [1.807, 2.05) is 30.3 Å². The summed E-state index contributed by atoms with van der Waals surface area (Å²) in [6.07, 6.45) is 6.22. The first-order chi connectivity index (χ1) is 11.3. The molecule has 23 heavy (non-hydrogen) atoms. The second-order valence-corrected chi connectivity index (χ2v) is 5.08. The first kappa shape index (κ1) is 13.4. The zero-order valence-corrected chi connectivity index (χ0v) is 12.1. The van der Waals surface area contributed by atoms with E-state index in [0.717, 1.165) is 5.56 Å². The number of aromatic nitrogens is 4. The van der Waals surface area contributed by atoms with Crippen LogP contribution in [0.4, 0.5) is 0 Å². The van der Waals surface area contributed by atoms with Crippen molar-refractivity contribution in [1.29, 1.82) is 0 Å². The van der Waals surface area contributed by atoms with Gasteiger partial charge in [-0.15, -0.1) is 0 Å². The molecule has 112 valence electrons. The maximum atomic E-state index is 12.4. The second-order valence-electron chi connectivity index (χ2n) is 5.08. The minimum atomic E-state index is -0.123. The van der Waals surface area contributed by atoms with Crippen molar-refractivity contribution in [2.75, 3.05) is 0 Å². The molecule has 4 aromatic rings. The third-order valence-electron chi connectivity index (χ3n) is 3.53. The molecule has 6 heteroatoms. The van der Waals surface area contributed by atoms with Crippen LogP contribution in [0.5, 0.6) is 0 Å². The molecule has 0 saturated carbocycles. The molecule has 0 aliphatic carbocycles. The van der Waals surface area contributed by atoms with E-state index in [0.29, 0.717) is 29.0 Å². The van der Waals surface area contributed by atoms with Gasteiger partial charge in [-0.3, -0.25) is 14.3 Å². The molecule has 1 aromatic carbocycles. The number of hydrogen-bond acceptors (Lipinski definition) is 5. The fourth-order valence-electron chi connectivity index (χ4n) is 2.39. The predicted octanol–water partition coefficient (Wildman–Crippen LogP) is 2.49. The molecule has 0 spiro atoms. The van der Waals surface area contributed by atoms with Gasteiger partial charge in [0.25, 0.3) is 5.56 Å². The predicted molar refractivity (Wildman–Crippen MR) is 84.8 cm³/mol. The molecule has 6 nitrogen and oxygen atoms in total. The lowest BCUT2D eigenvalue weighted by molar-refractivity contribution is 0.571. The third kappa shape index (κ3) is 2.50. The maximum Gasteiger partial charge on any atom is 0.261 e. The van der Waals surface area contributed by atoms with Gasteiger partial charge in [0.1, 0.15) is 6.26 Å². The monoisotopic (exact) mass is 304 g/mol. The van der Waals surface area contributed by atoms with Gasteiger partial charge in [0, 0.05) is 11.8 Å². The summed E-state index contributed by atoms with van der Waals surface area (Å²) in [5.41, 5.74) is 2.02. The van der Waals surface area contributed by atoms with E-state index < -0.39 is 0 Å². The Kier molecular flexibility index (Phi) is 3.20. The van der Waals surface area contributed by atoms with Crippen LogP contribution in [0.3, 0.4) is 0 Å². The quantitative estimate of drug-likeness (QED) is 0.581. The minimum absolute atomic E-state index is 0.123. The van der Waals surface area contributed by atoms with Gasteiger partial charge in [-0.25, -0.2) is 9.97 Å². The number of pyridine rings is 1. The summed E-state index contributed by atoms with van der Waals surface area (Å²) in [6, 6.07) is 11.3. The highest BCUT2D eigenvalue weighted by Crippen LogP contribution is 2.18. The van der Waals surface area contributed by atoms with Gasteiger partial charge in [-0.2, -0.15) is 0 Å². The van der Waals surface area contributed by atoms with Crippen LogP contribution in [0, 0.1) is 0 Å². The molecular formula is C17H12N4O2. The molecule has 0 fully saturated rings. The lowest BCUT2D eigenvalue weighted by atomic mass is 10.2. The average molecular weight is 304 g/mol. The smallest absolute Gasteiger partial charge is 0.261 e. The number of fused-ring (bicyclic) bond motifs is 1. The van der Waals surface area contributed by atoms with Gasteiger partial charge in [-0.1, -0.05) is 18.2 Å². The van der Waals surface area contributed by atoms with Gasteiger partial charge in [0.05, 0.1) is 35.7 Å². The number of oxazole rings is 1. The number of nitrogens with zero attached hydrogens (tertiary/aromatic N) is 4. The Bertz CT molecular complexity index is 1020. The summed E-state index contributed by atoms with van der Waals surface area (Å²) >= 11 is 0. The highest BCUT2D eigenvalue weighted by molar-refractivity contribution is 5.75. The topological polar surface area (TPSA) is 73.8 Å². The summed E-state index contributed by atoms with van der Waals surface area (Å²) in [4.78, 5) is 25.1. The van der Waals surface area contributed by atoms with Crippen LogP contribution in [0.15, 0.2) is 70.6 Å². The van der Waals surface area contributed by atoms with Gasteiger partial charge >= 0.3 is 0 Å². The third-order valence-corrected chi connectivity index (χ3v) is 3.53. The summed E-state index contributed by atoms with van der Waals surface area (Å²) in [7, 11) is 0. The molecule has 0 unspecified atom stereocenters. The van der Waals surface area contributed by atoms with Crippen molar-refractivity contribution in [2.24, 2.45) is 0 Å². The van der Waals surface area contributed by atoms with Crippen molar-refractivity contribution in [2.45, 2.75) is 6.54 Å². The largest absolute Gasteiger partial charge is 0.444 e. The molecule has 0 saturated heterocycles. The van der Waals surface area contributed by atoms with Crippen LogP contribution in [0.2, 0.25) is 0 Å². The van der Waals surface area contributed by atoms with Crippen molar-refractivity contribution in [1.82, 2.24) is 19.5 Å². The Morgan fingerprint density at radius 2 is 2.00 bits per heavy atom. The highest BCUT2D eigenvalue weighted by Gasteiger charge is 2.09. The average Bonchev–Trinajstić information content (AvgIpc) is 3.07. The summed E-state index contributed by atoms with van der Waals surface area (Å²) in [5, 5.41) is 0.536. The lowest BCUT2D eigenvalue weighted by Crippen LogP contribution is -2.21. The van der Waals surface area contributed by atoms with Gasteiger partial charge in [0.15, 0.2) is 0 Å². The molecule has 0 radical (unpaired) electrons. The standard InChI is InChI=1S/C17H12N4O2/c22-17-14-6-7-18-8-15(14)19-11-21(17)9-13-10-23-16(20-13)12-4-2-1-3-5-12/h1-8,10-11H,9H2. The van der Waals surface area contributed by atoms with Crippen molar-refractivity contribution >= 4 is 10.9 Å². The Morgan fingerprint density at radius 3 is 2.87 bits per heavy atom. The molecule has 0 aliphatic rings. The van der Waals surface area contributed by atoms with Gasteiger partial charge < -0.3 is 4.42 Å². The molecule has 0 amide bonds. The van der Waals surface area contributed by atoms with Crippen LogP contribution in [-0.4, -0.2) is 19.5 Å². The zero-order valence-electron chi connectivity index (χ0n) is 12.1. The van der Waals surface area contributed by atoms with E-state index in [1.54, 1.807) is 24.7 Å². The SMILES string of the molecule is O=c1c2ccncc2ncn1Cc1coc(-c2ccccc2)n1. The first-order valence-electron chi connectivity index (χ1n) is 7.10. The summed E-state index contributed by atoms with van der Waals surface area (Å²) < 4.78 is 7.00. The van der Waals surface area contributed by atoms with E-state index in [9.17, 15) is 4.79 Å². The van der Waals surface area contributed by atoms with E-state index in [4.69, 9.17) is 4.42 Å². The number of rotatable bonds is 3. The van der Waals surface area contributed by atoms with E-state index in [2.05, 4.69) is 15.0 Å². The molecule has 4 rings (SSSR count). The Labute approximate surface area is 131 Å². The molecular weight excluding hydrogens is 292 g/mol. The Balaban J connectivity index is 1.68. The summed E-state index contributed by atoms with van der Waals surface area (Å²) in [5.74, 6) is 0.534. The van der Waals surface area contributed by atoms with Crippen molar-refractivity contribution in [3.8, 4) is 11.5 Å². The summed E-state index contributed by atoms with van der Waals surface area (Å²) in [6.45, 7) is 0.306. The van der Waals surface area contributed by atoms with Crippen LogP contribution in [0.1, 0.15) is 5.69 Å². The van der Waals surface area contributed by atoms with Crippen LogP contribution in [-0.2, 0) is 6.54 Å². The molecule has 3 aromatic heterocycles. The zero-order chi connectivity index (χ0) is 15.6. The number of hydrogen-bond donors (Lipinski definition) is 0. The maximum absolute atomic E-state index is 12.4. The van der Waals surface area contributed by atoms with Gasteiger partial charge in [0.2, 0.25) is 5.89 Å². The van der Waals surface area contributed by atoms with Crippen molar-refractivity contribution < 1.29 is 4.42 Å². The van der Waals surface area contributed by atoms with E-state index >= 15 is 0 Å². The molecule has 0 bridgehead atoms. The van der Waals surface area contributed by atoms with Crippen LogP contribution in [0.25, 0.3) is 22.4 Å². The Morgan fingerprint density at radius 1 is 1.13 bits per heavy atom. The number of benzene rings is 1. The molecule has 0 atom stereocenters. The van der Waals surface area contributed by atoms with Crippen molar-refractivity contribution in [3.05, 3.63) is 77.4 Å². The fraction of sp³-hybridized carbons (Fsp3) is 0.0588. The first-order valence-corrected chi connectivity index (χ1v) is 7.10. The van der Waals surface area contributed by atoms with Crippen LogP contribution >= 0.6 is 0 Å². The molecule has 0 N–H and O–H groups in total. The fourth-order valence-corrected chi connectivity index (χ4v) is 2.39. The van der Waals surface area contributed by atoms with Crippen LogP contribution < -0.4 is 5.56 Å². The van der Waals surface area contributed by atoms with E-state index in [-0.39, 0.29) is 5.56 Å². The molecule has 0 aliphatic heterocycles. The Hall–Kier alpha value is -3.28. The second kappa shape index (κ2) is 5.49. The molecule has 3 heterocycles. The normalized spacial score (nSPS) is 11.0. The van der Waals surface area contributed by atoms with E-state index in [1.165, 1.54) is 10.9 Å². The van der Waals surface area contributed by atoms with Gasteiger partial charge in [-0.05, 0) is 18.2 Å². The lowest BCUT2D eigenvalue weighted by Gasteiger charge is -2.03. The van der Waals surface area contributed by atoms with Crippen molar-refractivity contribution in [3.63, 3.8) is 0 Å². The minimum Gasteiger partial charge on any atom is -0.444 e.